The third-order valence-electron chi connectivity index (χ3n) is 7.03. The van der Waals surface area contributed by atoms with Gasteiger partial charge in [0.15, 0.2) is 5.78 Å². The summed E-state index contributed by atoms with van der Waals surface area (Å²) in [6, 6.07) is 22.3. The maximum Gasteiger partial charge on any atom is 0.338 e. The molecule has 0 aliphatic carbocycles. The van der Waals surface area contributed by atoms with E-state index in [1.54, 1.807) is 18.2 Å². The molecule has 0 aliphatic rings. The van der Waals surface area contributed by atoms with Gasteiger partial charge in [0, 0.05) is 23.1 Å². The molecule has 0 saturated carbocycles. The molecule has 0 unspecified atom stereocenters. The van der Waals surface area contributed by atoms with Crippen LogP contribution in [-0.4, -0.2) is 42.4 Å². The van der Waals surface area contributed by atoms with Gasteiger partial charge in [-0.2, -0.15) is 0 Å². The number of nitrogens with zero attached hydrogens (tertiary/aromatic N) is 1. The number of benzene rings is 3. The summed E-state index contributed by atoms with van der Waals surface area (Å²) >= 11 is 0. The standard InChI is InChI=1S/C36H41NO4/c1-5-7-22-37(23-8-6-2)24-12-13-27-16-18-28(19-17-27)34(38)33-31-25-30(36(39)40-26(3)4)20-21-32(31)41-35(33)29-14-10-9-11-15-29/h9-21,25-26H,5-8,22-24H2,1-4H3/b13-12+. The molecule has 214 valence electrons. The molecule has 5 nitrogen and oxygen atoms in total. The van der Waals surface area contributed by atoms with Gasteiger partial charge in [0.1, 0.15) is 11.3 Å². The number of carbonyl (C=O) groups is 2. The molecule has 0 atom stereocenters. The average Bonchev–Trinajstić information content (AvgIpc) is 3.37. The molecule has 5 heteroatoms. The number of rotatable bonds is 14. The summed E-state index contributed by atoms with van der Waals surface area (Å²) < 4.78 is 11.6. The molecule has 0 N–H and O–H groups in total. The molecular formula is C36H41NO4. The zero-order chi connectivity index (χ0) is 29.2. The maximum atomic E-state index is 14.0. The van der Waals surface area contributed by atoms with Crippen molar-refractivity contribution in [3.8, 4) is 11.3 Å². The predicted octanol–water partition coefficient (Wildman–Crippen LogP) is 8.81. The van der Waals surface area contributed by atoms with Crippen LogP contribution in [-0.2, 0) is 4.74 Å². The Morgan fingerprint density at radius 3 is 2.17 bits per heavy atom. The summed E-state index contributed by atoms with van der Waals surface area (Å²) in [5, 5.41) is 0.593. The van der Waals surface area contributed by atoms with Crippen molar-refractivity contribution in [2.45, 2.75) is 59.5 Å². The van der Waals surface area contributed by atoms with Crippen LogP contribution in [0.1, 0.15) is 85.2 Å². The minimum absolute atomic E-state index is 0.155. The number of carbonyl (C=O) groups excluding carboxylic acids is 2. The Hall–Kier alpha value is -3.96. The monoisotopic (exact) mass is 551 g/mol. The molecule has 0 spiro atoms. The van der Waals surface area contributed by atoms with Gasteiger partial charge in [-0.3, -0.25) is 9.69 Å². The average molecular weight is 552 g/mol. The molecule has 0 aliphatic heterocycles. The second-order valence-electron chi connectivity index (χ2n) is 10.7. The summed E-state index contributed by atoms with van der Waals surface area (Å²) in [5.74, 6) is -0.0946. The highest BCUT2D eigenvalue weighted by atomic mass is 16.5. The zero-order valence-electron chi connectivity index (χ0n) is 24.7. The SMILES string of the molecule is CCCCN(C/C=C/c1ccc(C(=O)c2c(-c3ccccc3)oc3ccc(C(=O)OC(C)C)cc23)cc1)CCCC. The molecule has 1 aromatic heterocycles. The third kappa shape index (κ3) is 7.83. The lowest BCUT2D eigenvalue weighted by molar-refractivity contribution is 0.0378. The second-order valence-corrected chi connectivity index (χ2v) is 10.7. The Morgan fingerprint density at radius 2 is 1.54 bits per heavy atom. The van der Waals surface area contributed by atoms with Crippen molar-refractivity contribution in [3.63, 3.8) is 0 Å². The first-order chi connectivity index (χ1) is 19.9. The fourth-order valence-corrected chi connectivity index (χ4v) is 4.81. The van der Waals surface area contributed by atoms with Crippen molar-refractivity contribution in [1.29, 1.82) is 0 Å². The molecule has 0 amide bonds. The highest BCUT2D eigenvalue weighted by molar-refractivity contribution is 6.20. The molecule has 41 heavy (non-hydrogen) atoms. The number of hydrogen-bond acceptors (Lipinski definition) is 5. The minimum Gasteiger partial charge on any atom is -0.459 e. The van der Waals surface area contributed by atoms with E-state index in [0.717, 1.165) is 30.8 Å². The van der Waals surface area contributed by atoms with Gasteiger partial charge in [-0.15, -0.1) is 0 Å². The van der Waals surface area contributed by atoms with Crippen molar-refractivity contribution in [2.24, 2.45) is 0 Å². The summed E-state index contributed by atoms with van der Waals surface area (Å²) in [4.78, 5) is 29.1. The Labute approximate surface area is 243 Å². The van der Waals surface area contributed by atoms with E-state index in [-0.39, 0.29) is 11.9 Å². The van der Waals surface area contributed by atoms with Gasteiger partial charge < -0.3 is 9.15 Å². The Bertz CT molecular complexity index is 1460. The van der Waals surface area contributed by atoms with Crippen molar-refractivity contribution in [3.05, 3.63) is 101 Å². The number of hydrogen-bond donors (Lipinski definition) is 0. The van der Waals surface area contributed by atoms with Crippen LogP contribution in [0.3, 0.4) is 0 Å². The number of esters is 1. The molecule has 1 heterocycles. The van der Waals surface area contributed by atoms with Gasteiger partial charge in [-0.05, 0) is 63.5 Å². The highest BCUT2D eigenvalue weighted by Gasteiger charge is 2.24. The zero-order valence-corrected chi connectivity index (χ0v) is 24.7. The van der Waals surface area contributed by atoms with Gasteiger partial charge in [0.2, 0.25) is 0 Å². The molecule has 0 radical (unpaired) electrons. The lowest BCUT2D eigenvalue weighted by atomic mass is 9.96. The third-order valence-corrected chi connectivity index (χ3v) is 7.03. The van der Waals surface area contributed by atoms with E-state index in [2.05, 4.69) is 30.9 Å². The van der Waals surface area contributed by atoms with Crippen LogP contribution in [0, 0.1) is 0 Å². The van der Waals surface area contributed by atoms with Crippen LogP contribution in [0.5, 0.6) is 0 Å². The first kappa shape index (κ1) is 30.0. The number of furan rings is 1. The molecule has 0 fully saturated rings. The van der Waals surface area contributed by atoms with Crippen molar-refractivity contribution >= 4 is 28.8 Å². The second kappa shape index (κ2) is 14.6. The smallest absolute Gasteiger partial charge is 0.338 e. The van der Waals surface area contributed by atoms with Crippen LogP contribution >= 0.6 is 0 Å². The number of ketones is 1. The van der Waals surface area contributed by atoms with Gasteiger partial charge in [0.25, 0.3) is 0 Å². The quantitative estimate of drug-likeness (QED) is 0.116. The summed E-state index contributed by atoms with van der Waals surface area (Å²) in [7, 11) is 0. The molecule has 4 rings (SSSR count). The summed E-state index contributed by atoms with van der Waals surface area (Å²) in [5.41, 5.74) is 3.78. The molecule has 0 bridgehead atoms. The highest BCUT2D eigenvalue weighted by Crippen LogP contribution is 2.36. The fraction of sp³-hybridized carbons (Fsp3) is 0.333. The first-order valence-corrected chi connectivity index (χ1v) is 14.8. The fourth-order valence-electron chi connectivity index (χ4n) is 4.81. The maximum absolute atomic E-state index is 14.0. The summed E-state index contributed by atoms with van der Waals surface area (Å²) in [6.45, 7) is 11.2. The van der Waals surface area contributed by atoms with E-state index >= 15 is 0 Å². The van der Waals surface area contributed by atoms with E-state index in [0.29, 0.717) is 33.4 Å². The van der Waals surface area contributed by atoms with Gasteiger partial charge in [0.05, 0.1) is 17.2 Å². The Morgan fingerprint density at radius 1 is 0.878 bits per heavy atom. The van der Waals surface area contributed by atoms with Crippen LogP contribution in [0.15, 0.2) is 83.3 Å². The van der Waals surface area contributed by atoms with Crippen LogP contribution < -0.4 is 0 Å². The van der Waals surface area contributed by atoms with Crippen molar-refractivity contribution in [2.75, 3.05) is 19.6 Å². The lowest BCUT2D eigenvalue weighted by Gasteiger charge is -2.19. The normalized spacial score (nSPS) is 11.7. The minimum atomic E-state index is -0.429. The van der Waals surface area contributed by atoms with Crippen molar-refractivity contribution < 1.29 is 18.7 Å². The largest absolute Gasteiger partial charge is 0.459 e. The van der Waals surface area contributed by atoms with E-state index in [1.807, 2.05) is 68.4 Å². The van der Waals surface area contributed by atoms with E-state index in [1.165, 1.54) is 25.7 Å². The Kier molecular flexibility index (Phi) is 10.7. The van der Waals surface area contributed by atoms with Gasteiger partial charge in [-0.1, -0.05) is 93.4 Å². The molecule has 0 saturated heterocycles. The first-order valence-electron chi connectivity index (χ1n) is 14.8. The van der Waals surface area contributed by atoms with Gasteiger partial charge >= 0.3 is 5.97 Å². The summed E-state index contributed by atoms with van der Waals surface area (Å²) in [6.07, 6.45) is 8.90. The number of ether oxygens (including phenoxy) is 1. The Balaban J connectivity index is 1.62. The van der Waals surface area contributed by atoms with E-state index < -0.39 is 5.97 Å². The van der Waals surface area contributed by atoms with E-state index in [4.69, 9.17) is 9.15 Å². The number of fused-ring (bicyclic) bond motifs is 1. The van der Waals surface area contributed by atoms with Crippen LogP contribution in [0.25, 0.3) is 28.4 Å². The van der Waals surface area contributed by atoms with Gasteiger partial charge in [-0.25, -0.2) is 4.79 Å². The van der Waals surface area contributed by atoms with Crippen molar-refractivity contribution in [1.82, 2.24) is 4.90 Å². The molecule has 3 aromatic carbocycles. The predicted molar refractivity (Wildman–Crippen MR) is 167 cm³/mol. The molecule has 4 aromatic rings. The van der Waals surface area contributed by atoms with E-state index in [9.17, 15) is 9.59 Å². The molecular weight excluding hydrogens is 510 g/mol. The lowest BCUT2D eigenvalue weighted by Crippen LogP contribution is -2.26. The van der Waals surface area contributed by atoms with Crippen LogP contribution in [0.2, 0.25) is 0 Å². The topological polar surface area (TPSA) is 59.8 Å². The number of unbranched alkanes of at least 4 members (excludes halogenated alkanes) is 2. The van der Waals surface area contributed by atoms with Crippen LogP contribution in [0.4, 0.5) is 0 Å².